The molecule has 0 spiro atoms. The molecular formula is C18H34N3O6P. The summed E-state index contributed by atoms with van der Waals surface area (Å²) in [6.07, 6.45) is 0. The second-order valence-electron chi connectivity index (χ2n) is 8.50. The summed E-state index contributed by atoms with van der Waals surface area (Å²) in [6.45, 7) is 15.4. The van der Waals surface area contributed by atoms with Gasteiger partial charge in [-0.2, -0.15) is 5.06 Å². The number of hydroxylamine groups is 2. The van der Waals surface area contributed by atoms with Crippen molar-refractivity contribution in [1.29, 1.82) is 0 Å². The number of H-pyrrole nitrogens is 2. The van der Waals surface area contributed by atoms with Gasteiger partial charge in [-0.1, -0.05) is 20.8 Å². The van der Waals surface area contributed by atoms with E-state index in [-0.39, 0.29) is 19.8 Å². The first-order valence-electron chi connectivity index (χ1n) is 9.38. The molecule has 2 N–H and O–H groups in total. The maximum atomic E-state index is 13.7. The van der Waals surface area contributed by atoms with E-state index < -0.39 is 35.6 Å². The fourth-order valence-electron chi connectivity index (χ4n) is 2.86. The van der Waals surface area contributed by atoms with Crippen molar-refractivity contribution < 1.29 is 18.5 Å². The fraction of sp³-hybridized carbons (Fsp3) is 0.778. The number of hydrogen-bond donors (Lipinski definition) is 2. The fourth-order valence-corrected chi connectivity index (χ4v) is 5.56. The molecule has 0 aliphatic heterocycles. The summed E-state index contributed by atoms with van der Waals surface area (Å²) >= 11 is 0. The molecular weight excluding hydrogens is 385 g/mol. The summed E-state index contributed by atoms with van der Waals surface area (Å²) in [5, 5.41) is 1.60. The Morgan fingerprint density at radius 2 is 1.57 bits per heavy atom. The van der Waals surface area contributed by atoms with Crippen LogP contribution in [0.5, 0.6) is 0 Å². The van der Waals surface area contributed by atoms with Crippen LogP contribution in [0.3, 0.4) is 0 Å². The number of hydrogen-bond acceptors (Lipinski definition) is 7. The first-order chi connectivity index (χ1) is 12.7. The van der Waals surface area contributed by atoms with Gasteiger partial charge in [0.1, 0.15) is 12.4 Å². The molecule has 1 unspecified atom stereocenters. The molecule has 28 heavy (non-hydrogen) atoms. The first kappa shape index (κ1) is 24.8. The second kappa shape index (κ2) is 9.50. The van der Waals surface area contributed by atoms with E-state index in [1.807, 2.05) is 41.5 Å². The molecule has 0 radical (unpaired) electrons. The van der Waals surface area contributed by atoms with Crippen LogP contribution >= 0.6 is 7.60 Å². The molecule has 1 aromatic rings. The average molecular weight is 419 g/mol. The van der Waals surface area contributed by atoms with E-state index >= 15 is 0 Å². The van der Waals surface area contributed by atoms with E-state index in [2.05, 4.69) is 9.97 Å². The Morgan fingerprint density at radius 1 is 1.04 bits per heavy atom. The molecule has 0 saturated carbocycles. The molecule has 10 heteroatoms. The van der Waals surface area contributed by atoms with Crippen LogP contribution in [0.4, 0.5) is 0 Å². The molecule has 1 aromatic heterocycles. The van der Waals surface area contributed by atoms with Crippen LogP contribution in [-0.2, 0) is 25.1 Å². The number of nitrogens with zero attached hydrogens (tertiary/aromatic N) is 1. The van der Waals surface area contributed by atoms with Crippen LogP contribution in [-0.4, -0.2) is 39.6 Å². The van der Waals surface area contributed by atoms with Crippen molar-refractivity contribution >= 4 is 7.60 Å². The molecule has 0 saturated heterocycles. The van der Waals surface area contributed by atoms with Crippen LogP contribution in [0.1, 0.15) is 61.1 Å². The Balaban J connectivity index is 3.37. The smallest absolute Gasteiger partial charge is 0.309 e. The molecule has 0 aromatic carbocycles. The third-order valence-electron chi connectivity index (χ3n) is 3.75. The summed E-state index contributed by atoms with van der Waals surface area (Å²) in [5.74, 6) is -0.728. The number of nitrogens with one attached hydrogen (secondary N) is 2. The van der Waals surface area contributed by atoms with Crippen molar-refractivity contribution in [3.8, 4) is 0 Å². The van der Waals surface area contributed by atoms with Crippen LogP contribution < -0.4 is 11.2 Å². The second-order valence-corrected chi connectivity index (χ2v) is 10.6. The molecule has 1 atom stereocenters. The number of aromatic nitrogens is 2. The van der Waals surface area contributed by atoms with Gasteiger partial charge in [-0.25, -0.2) is 4.79 Å². The van der Waals surface area contributed by atoms with Gasteiger partial charge >= 0.3 is 13.3 Å². The van der Waals surface area contributed by atoms with Gasteiger partial charge in [0.2, 0.25) is 0 Å². The largest absolute Gasteiger partial charge is 0.350 e. The Labute approximate surface area is 166 Å². The van der Waals surface area contributed by atoms with Gasteiger partial charge in [-0.05, 0) is 40.0 Å². The van der Waals surface area contributed by atoms with E-state index in [0.717, 1.165) is 0 Å². The van der Waals surface area contributed by atoms with E-state index in [1.165, 1.54) is 6.07 Å². The zero-order chi connectivity index (χ0) is 21.8. The lowest BCUT2D eigenvalue weighted by Crippen LogP contribution is -2.53. The van der Waals surface area contributed by atoms with Gasteiger partial charge in [-0.3, -0.25) is 19.2 Å². The highest BCUT2D eigenvalue weighted by Gasteiger charge is 2.51. The Morgan fingerprint density at radius 3 is 1.96 bits per heavy atom. The number of rotatable bonds is 9. The summed E-state index contributed by atoms with van der Waals surface area (Å²) in [7, 11) is -3.58. The minimum atomic E-state index is -3.58. The third kappa shape index (κ3) is 6.67. The van der Waals surface area contributed by atoms with E-state index in [0.29, 0.717) is 5.69 Å². The van der Waals surface area contributed by atoms with Gasteiger partial charge in [0.05, 0.1) is 18.9 Å². The predicted octanol–water partition coefficient (Wildman–Crippen LogP) is 3.23. The van der Waals surface area contributed by atoms with Gasteiger partial charge in [0, 0.05) is 11.6 Å². The summed E-state index contributed by atoms with van der Waals surface area (Å²) in [6, 6.07) is 1.25. The highest BCUT2D eigenvalue weighted by molar-refractivity contribution is 7.54. The van der Waals surface area contributed by atoms with Crippen LogP contribution in [0.15, 0.2) is 15.7 Å². The quantitative estimate of drug-likeness (QED) is 0.466. The van der Waals surface area contributed by atoms with Crippen molar-refractivity contribution in [3.05, 3.63) is 32.6 Å². The lowest BCUT2D eigenvalue weighted by atomic mass is 9.94. The van der Waals surface area contributed by atoms with Crippen LogP contribution in [0.25, 0.3) is 0 Å². The van der Waals surface area contributed by atoms with Crippen molar-refractivity contribution in [2.75, 3.05) is 13.2 Å². The van der Waals surface area contributed by atoms with Crippen molar-refractivity contribution in [3.63, 3.8) is 0 Å². The van der Waals surface area contributed by atoms with Gasteiger partial charge < -0.3 is 14.0 Å². The maximum absolute atomic E-state index is 13.7. The van der Waals surface area contributed by atoms with Crippen LogP contribution in [0.2, 0.25) is 0 Å². The first-order valence-corrected chi connectivity index (χ1v) is 11.0. The predicted molar refractivity (Wildman–Crippen MR) is 108 cm³/mol. The lowest BCUT2D eigenvalue weighted by Gasteiger charge is -2.47. The molecule has 9 nitrogen and oxygen atoms in total. The molecule has 0 amide bonds. The standard InChI is InChI=1S/C18H34N3O6P/c1-9-26-28(24,27-10-2)15(17(3,4)5)21(18(6,7)8)25-12-13-11-14(22)20-16(23)19-13/h11,15H,9-10,12H2,1-8H3,(H2,19,20,22,23). The Kier molecular flexibility index (Phi) is 8.41. The monoisotopic (exact) mass is 419 g/mol. The van der Waals surface area contributed by atoms with E-state index in [4.69, 9.17) is 13.9 Å². The maximum Gasteiger partial charge on any atom is 0.350 e. The third-order valence-corrected chi connectivity index (χ3v) is 6.57. The van der Waals surface area contributed by atoms with E-state index in [9.17, 15) is 14.2 Å². The van der Waals surface area contributed by atoms with Crippen molar-refractivity contribution in [1.82, 2.24) is 15.0 Å². The topological polar surface area (TPSA) is 114 Å². The molecule has 0 aliphatic carbocycles. The van der Waals surface area contributed by atoms with Crippen LogP contribution in [0, 0.1) is 5.41 Å². The zero-order valence-electron chi connectivity index (χ0n) is 18.1. The Hall–Kier alpha value is -1.25. The highest BCUT2D eigenvalue weighted by Crippen LogP contribution is 2.60. The highest BCUT2D eigenvalue weighted by atomic mass is 31.2. The van der Waals surface area contributed by atoms with Crippen molar-refractivity contribution in [2.45, 2.75) is 73.3 Å². The van der Waals surface area contributed by atoms with E-state index in [1.54, 1.807) is 18.9 Å². The minimum absolute atomic E-state index is 0.0821. The van der Waals surface area contributed by atoms with Gasteiger partial charge in [-0.15, -0.1) is 0 Å². The summed E-state index contributed by atoms with van der Waals surface area (Å²) < 4.78 is 24.9. The number of aromatic amines is 2. The summed E-state index contributed by atoms with van der Waals surface area (Å²) in [5.41, 5.74) is -1.95. The van der Waals surface area contributed by atoms with Gasteiger partial charge in [0.15, 0.2) is 0 Å². The Bertz CT molecular complexity index is 752. The average Bonchev–Trinajstić information content (AvgIpc) is 2.48. The lowest BCUT2D eigenvalue weighted by molar-refractivity contribution is -0.246. The molecule has 0 fully saturated rings. The summed E-state index contributed by atoms with van der Waals surface area (Å²) in [4.78, 5) is 33.7. The SMILES string of the molecule is CCOP(=O)(OCC)C(N(OCc1cc(=O)[nH]c(=O)[nH]1)C(C)(C)C)C(C)(C)C. The molecule has 0 bridgehead atoms. The van der Waals surface area contributed by atoms with Gasteiger partial charge in [0.25, 0.3) is 5.56 Å². The molecule has 0 aliphatic rings. The molecule has 1 heterocycles. The minimum Gasteiger partial charge on any atom is -0.309 e. The van der Waals surface area contributed by atoms with Crippen molar-refractivity contribution in [2.24, 2.45) is 5.41 Å². The zero-order valence-corrected chi connectivity index (χ0v) is 19.0. The molecule has 162 valence electrons. The normalized spacial score (nSPS) is 14.5. The molecule has 1 rings (SSSR count).